The number of fused-ring (bicyclic) bond motifs is 1. The van der Waals surface area contributed by atoms with Crippen molar-refractivity contribution in [3.05, 3.63) is 106 Å². The lowest BCUT2D eigenvalue weighted by atomic mass is 10.2. The summed E-state index contributed by atoms with van der Waals surface area (Å²) in [5.41, 5.74) is 0.272. The Kier molecular flexibility index (Phi) is 4.68. The largest absolute Gasteiger partial charge is 0.492 e. The van der Waals surface area contributed by atoms with Crippen molar-refractivity contribution in [1.29, 1.82) is 0 Å². The van der Waals surface area contributed by atoms with Crippen LogP contribution in [0, 0.1) is 0 Å². The summed E-state index contributed by atoms with van der Waals surface area (Å²) >= 11 is 0. The van der Waals surface area contributed by atoms with Crippen molar-refractivity contribution in [1.82, 2.24) is 19.4 Å². The molecule has 32 heavy (non-hydrogen) atoms. The first-order valence-electron chi connectivity index (χ1n) is 9.72. The molecule has 9 nitrogen and oxygen atoms in total. The molecule has 0 fully saturated rings. The zero-order valence-corrected chi connectivity index (χ0v) is 16.6. The normalized spacial score (nSPS) is 11.4. The van der Waals surface area contributed by atoms with Crippen LogP contribution in [0.15, 0.2) is 105 Å². The Morgan fingerprint density at radius 2 is 1.50 bits per heavy atom. The maximum Gasteiger partial charge on any atom is 0.296 e. The number of rotatable bonds is 4. The smallest absolute Gasteiger partial charge is 0.296 e. The van der Waals surface area contributed by atoms with Gasteiger partial charge in [-0.15, -0.1) is 5.11 Å². The highest BCUT2D eigenvalue weighted by atomic mass is 16.3. The fourth-order valence-electron chi connectivity index (χ4n) is 3.34. The zero-order chi connectivity index (χ0) is 22.1. The molecule has 2 N–H and O–H groups in total. The highest BCUT2D eigenvalue weighted by Crippen LogP contribution is 2.26. The van der Waals surface area contributed by atoms with Gasteiger partial charge in [-0.25, -0.2) is 9.67 Å². The molecule has 0 atom stereocenters. The topological polar surface area (TPSA) is 118 Å². The highest BCUT2D eigenvalue weighted by Gasteiger charge is 2.17. The van der Waals surface area contributed by atoms with E-state index >= 15 is 0 Å². The van der Waals surface area contributed by atoms with E-state index < -0.39 is 17.0 Å². The number of nitrogens with one attached hydrogen (secondary N) is 1. The van der Waals surface area contributed by atoms with Crippen LogP contribution in [-0.4, -0.2) is 24.5 Å². The number of nitrogens with zero attached hydrogens (tertiary/aromatic N) is 5. The number of aromatic nitrogens is 4. The number of aromatic hydroxyl groups is 1. The molecule has 0 aliphatic carbocycles. The van der Waals surface area contributed by atoms with Gasteiger partial charge < -0.3 is 5.11 Å². The van der Waals surface area contributed by atoms with Crippen LogP contribution >= 0.6 is 0 Å². The van der Waals surface area contributed by atoms with Crippen molar-refractivity contribution < 1.29 is 5.11 Å². The first-order chi connectivity index (χ1) is 15.6. The van der Waals surface area contributed by atoms with Crippen LogP contribution in [0.4, 0.5) is 5.69 Å². The average molecular weight is 424 g/mol. The van der Waals surface area contributed by atoms with E-state index in [4.69, 9.17) is 0 Å². The number of aromatic amines is 1. The van der Waals surface area contributed by atoms with Crippen molar-refractivity contribution in [2.24, 2.45) is 10.3 Å². The lowest BCUT2D eigenvalue weighted by molar-refractivity contribution is 0.434. The molecule has 0 saturated carbocycles. The third-order valence-electron chi connectivity index (χ3n) is 4.89. The molecule has 0 unspecified atom stereocenters. The molecule has 5 aromatic rings. The molecule has 2 aromatic heterocycles. The Morgan fingerprint density at radius 1 is 0.844 bits per heavy atom. The number of hydrogen-bond acceptors (Lipinski definition) is 6. The molecule has 0 spiro atoms. The van der Waals surface area contributed by atoms with E-state index in [2.05, 4.69) is 20.4 Å². The van der Waals surface area contributed by atoms with Crippen LogP contribution in [0.25, 0.3) is 28.0 Å². The monoisotopic (exact) mass is 424 g/mol. The Bertz CT molecular complexity index is 1570. The summed E-state index contributed by atoms with van der Waals surface area (Å²) in [4.78, 5) is 30.1. The van der Waals surface area contributed by atoms with Gasteiger partial charge in [0.1, 0.15) is 0 Å². The van der Waals surface area contributed by atoms with Gasteiger partial charge in [-0.05, 0) is 24.3 Å². The first-order valence-corrected chi connectivity index (χ1v) is 9.72. The third-order valence-corrected chi connectivity index (χ3v) is 4.89. The van der Waals surface area contributed by atoms with Crippen LogP contribution in [0.2, 0.25) is 0 Å². The van der Waals surface area contributed by atoms with Crippen LogP contribution in [0.3, 0.4) is 0 Å². The summed E-state index contributed by atoms with van der Waals surface area (Å²) in [6.45, 7) is 0. The molecule has 0 bridgehead atoms. The summed E-state index contributed by atoms with van der Waals surface area (Å²) in [5.74, 6) is -0.163. The van der Waals surface area contributed by atoms with E-state index in [0.29, 0.717) is 22.2 Å². The van der Waals surface area contributed by atoms with Gasteiger partial charge in [0, 0.05) is 5.56 Å². The van der Waals surface area contributed by atoms with Crippen molar-refractivity contribution >= 4 is 16.6 Å². The molecule has 0 aliphatic heterocycles. The van der Waals surface area contributed by atoms with E-state index in [1.54, 1.807) is 60.7 Å². The average Bonchev–Trinajstić information content (AvgIpc) is 3.12. The van der Waals surface area contributed by atoms with Gasteiger partial charge in [-0.1, -0.05) is 65.9 Å². The lowest BCUT2D eigenvalue weighted by Gasteiger charge is -2.08. The second-order valence-electron chi connectivity index (χ2n) is 6.91. The fourth-order valence-corrected chi connectivity index (χ4v) is 3.34. The van der Waals surface area contributed by atoms with Gasteiger partial charge in [0.15, 0.2) is 5.82 Å². The zero-order valence-electron chi connectivity index (χ0n) is 16.6. The minimum absolute atomic E-state index is 0.261. The van der Waals surface area contributed by atoms with Gasteiger partial charge >= 0.3 is 0 Å². The molecule has 0 aliphatic rings. The number of para-hydroxylation sites is 2. The van der Waals surface area contributed by atoms with E-state index in [-0.39, 0.29) is 11.5 Å². The van der Waals surface area contributed by atoms with E-state index in [1.807, 2.05) is 24.3 Å². The van der Waals surface area contributed by atoms with E-state index in [0.717, 1.165) is 4.68 Å². The lowest BCUT2D eigenvalue weighted by Crippen LogP contribution is -2.19. The number of benzene rings is 3. The fraction of sp³-hybridized carbons (Fsp3) is 0. The molecule has 3 aromatic carbocycles. The summed E-state index contributed by atoms with van der Waals surface area (Å²) in [6.07, 6.45) is 0. The molecule has 156 valence electrons. The first kappa shape index (κ1) is 19.2. The Labute approximate surface area is 180 Å². The van der Waals surface area contributed by atoms with Gasteiger partial charge in [0.05, 0.1) is 16.6 Å². The molecular weight excluding hydrogens is 408 g/mol. The molecular formula is C23H16N6O3. The highest BCUT2D eigenvalue weighted by molar-refractivity contribution is 5.79. The van der Waals surface area contributed by atoms with Crippen LogP contribution < -0.4 is 11.1 Å². The molecule has 0 saturated heterocycles. The molecule has 0 radical (unpaired) electrons. The number of H-pyrrole nitrogens is 1. The second kappa shape index (κ2) is 7.80. The standard InChI is InChI=1S/C23H16N6O3/c30-21-19(23(32)28(26-21)16-11-5-2-6-12-16)25-27-29-20(15-9-3-1-4-10-15)24-18-14-8-7-13-17(18)22(29)31/h1-14,32H,(H,26,30). The van der Waals surface area contributed by atoms with E-state index in [9.17, 15) is 14.7 Å². The van der Waals surface area contributed by atoms with Gasteiger partial charge in [0.25, 0.3) is 11.1 Å². The SMILES string of the molecule is O=c1[nH]n(-c2ccccc2)c(O)c1N=Nn1c(-c2ccccc2)nc2ccccc2c1=O. The summed E-state index contributed by atoms with van der Waals surface area (Å²) in [7, 11) is 0. The van der Waals surface area contributed by atoms with Gasteiger partial charge in [0.2, 0.25) is 11.6 Å². The van der Waals surface area contributed by atoms with Crippen molar-refractivity contribution in [3.63, 3.8) is 0 Å². The molecule has 2 heterocycles. The summed E-state index contributed by atoms with van der Waals surface area (Å²) in [5, 5.41) is 21.3. The van der Waals surface area contributed by atoms with Gasteiger partial charge in [-0.2, -0.15) is 4.68 Å². The minimum Gasteiger partial charge on any atom is -0.492 e. The maximum atomic E-state index is 13.2. The predicted molar refractivity (Wildman–Crippen MR) is 119 cm³/mol. The molecule has 5 rings (SSSR count). The predicted octanol–water partition coefficient (Wildman–Crippen LogP) is 3.80. The second-order valence-corrected chi connectivity index (χ2v) is 6.91. The van der Waals surface area contributed by atoms with Crippen LogP contribution in [-0.2, 0) is 0 Å². The van der Waals surface area contributed by atoms with E-state index in [1.165, 1.54) is 4.68 Å². The summed E-state index contributed by atoms with van der Waals surface area (Å²) in [6, 6.07) is 24.7. The minimum atomic E-state index is -0.654. The van der Waals surface area contributed by atoms with Gasteiger partial charge in [-0.3, -0.25) is 14.7 Å². The Hall–Kier alpha value is -4.79. The number of hydrogen-bond donors (Lipinski definition) is 2. The Balaban J connectivity index is 1.68. The van der Waals surface area contributed by atoms with Crippen LogP contribution in [0.1, 0.15) is 0 Å². The molecule has 9 heteroatoms. The van der Waals surface area contributed by atoms with Crippen molar-refractivity contribution in [2.45, 2.75) is 0 Å². The maximum absolute atomic E-state index is 13.2. The Morgan fingerprint density at radius 3 is 2.25 bits per heavy atom. The quantitative estimate of drug-likeness (QED) is 0.427. The van der Waals surface area contributed by atoms with Crippen LogP contribution in [0.5, 0.6) is 5.88 Å². The summed E-state index contributed by atoms with van der Waals surface area (Å²) < 4.78 is 2.21. The van der Waals surface area contributed by atoms with Crippen molar-refractivity contribution in [3.8, 4) is 23.0 Å². The third kappa shape index (κ3) is 3.27. The van der Waals surface area contributed by atoms with Crippen molar-refractivity contribution in [2.75, 3.05) is 0 Å². The molecule has 0 amide bonds.